The first-order valence-corrected chi connectivity index (χ1v) is 10.0. The Labute approximate surface area is 182 Å². The number of hydrogen-bond acceptors (Lipinski definition) is 4. The molecule has 1 unspecified atom stereocenters. The monoisotopic (exact) mass is 443 g/mol. The second-order valence-electron chi connectivity index (χ2n) is 7.78. The molecule has 166 valence electrons. The number of nitrogens with one attached hydrogen (secondary N) is 2. The molecule has 0 aliphatic carbocycles. The summed E-state index contributed by atoms with van der Waals surface area (Å²) >= 11 is 0. The molecule has 2 heterocycles. The molecule has 2 aromatic carbocycles. The molecule has 2 N–H and O–H groups in total. The Morgan fingerprint density at radius 1 is 1.19 bits per heavy atom. The number of alkyl halides is 2. The summed E-state index contributed by atoms with van der Waals surface area (Å²) < 4.78 is 43.0. The summed E-state index contributed by atoms with van der Waals surface area (Å²) in [6.07, 6.45) is 0.411. The van der Waals surface area contributed by atoms with Crippen molar-refractivity contribution in [1.82, 2.24) is 15.5 Å². The minimum Gasteiger partial charge on any atom is -0.380 e. The highest BCUT2D eigenvalue weighted by Crippen LogP contribution is 2.35. The molecule has 0 saturated carbocycles. The third-order valence-corrected chi connectivity index (χ3v) is 5.68. The van der Waals surface area contributed by atoms with Crippen LogP contribution >= 0.6 is 0 Å². The topological polar surface area (TPSA) is 78.5 Å². The zero-order chi connectivity index (χ0) is 23.0. The maximum atomic E-state index is 14.6. The maximum absolute atomic E-state index is 14.6. The van der Waals surface area contributed by atoms with Crippen molar-refractivity contribution in [2.45, 2.75) is 37.9 Å². The van der Waals surface area contributed by atoms with Crippen molar-refractivity contribution in [3.05, 3.63) is 82.8 Å². The van der Waals surface area contributed by atoms with Crippen molar-refractivity contribution < 1.29 is 27.6 Å². The Morgan fingerprint density at radius 2 is 1.94 bits per heavy atom. The number of benzene rings is 2. The number of rotatable bonds is 6. The Balaban J connectivity index is 1.44. The second kappa shape index (κ2) is 8.14. The van der Waals surface area contributed by atoms with E-state index in [4.69, 9.17) is 0 Å². The predicted molar refractivity (Wildman–Crippen MR) is 109 cm³/mol. The van der Waals surface area contributed by atoms with E-state index in [0.717, 1.165) is 12.1 Å². The summed E-state index contributed by atoms with van der Waals surface area (Å²) in [6, 6.07) is 8.79. The van der Waals surface area contributed by atoms with E-state index in [1.54, 1.807) is 18.2 Å². The van der Waals surface area contributed by atoms with Gasteiger partial charge in [0.1, 0.15) is 11.9 Å². The minimum absolute atomic E-state index is 0.0111. The molecular weight excluding hydrogens is 423 g/mol. The number of piperidine rings is 1. The lowest BCUT2D eigenvalue weighted by Gasteiger charge is -2.29. The van der Waals surface area contributed by atoms with Crippen molar-refractivity contribution in [3.8, 4) is 0 Å². The van der Waals surface area contributed by atoms with Crippen LogP contribution in [0.25, 0.3) is 0 Å². The van der Waals surface area contributed by atoms with Crippen LogP contribution in [0.2, 0.25) is 0 Å². The molecule has 0 bridgehead atoms. The van der Waals surface area contributed by atoms with Crippen LogP contribution in [-0.4, -0.2) is 28.7 Å². The van der Waals surface area contributed by atoms with Crippen LogP contribution in [0.3, 0.4) is 0 Å². The first-order chi connectivity index (χ1) is 15.2. The third kappa shape index (κ3) is 3.86. The van der Waals surface area contributed by atoms with Gasteiger partial charge >= 0.3 is 5.92 Å². The maximum Gasteiger partial charge on any atom is 0.314 e. The molecular formula is C23H20F3N3O3. The van der Waals surface area contributed by atoms with E-state index in [9.17, 15) is 27.6 Å². The molecule has 6 nitrogen and oxygen atoms in total. The highest BCUT2D eigenvalue weighted by Gasteiger charge is 2.40. The smallest absolute Gasteiger partial charge is 0.314 e. The molecule has 4 rings (SSSR count). The molecule has 32 heavy (non-hydrogen) atoms. The van der Waals surface area contributed by atoms with Crippen molar-refractivity contribution in [1.29, 1.82) is 0 Å². The second-order valence-corrected chi connectivity index (χ2v) is 7.78. The van der Waals surface area contributed by atoms with Gasteiger partial charge < -0.3 is 10.2 Å². The first-order valence-electron chi connectivity index (χ1n) is 10.0. The number of carbonyl (C=O) groups excluding carboxylic acids is 3. The van der Waals surface area contributed by atoms with E-state index < -0.39 is 34.9 Å². The number of imide groups is 1. The number of carbonyl (C=O) groups is 3. The first kappa shape index (κ1) is 21.6. The molecule has 9 heteroatoms. The van der Waals surface area contributed by atoms with E-state index in [-0.39, 0.29) is 37.7 Å². The number of allylic oxidation sites excluding steroid dienone is 1. The van der Waals surface area contributed by atoms with Gasteiger partial charge in [0.2, 0.25) is 11.8 Å². The van der Waals surface area contributed by atoms with Crippen LogP contribution in [0.1, 0.15) is 39.9 Å². The molecule has 1 fully saturated rings. The van der Waals surface area contributed by atoms with Gasteiger partial charge in [-0.15, -0.1) is 0 Å². The Bertz CT molecular complexity index is 1130. The fourth-order valence-electron chi connectivity index (χ4n) is 3.94. The van der Waals surface area contributed by atoms with Gasteiger partial charge in [0.25, 0.3) is 5.91 Å². The normalized spacial score (nSPS) is 18.4. The fourth-order valence-corrected chi connectivity index (χ4v) is 3.94. The van der Waals surface area contributed by atoms with Crippen LogP contribution in [0, 0.1) is 5.82 Å². The SMILES string of the molecule is C=C(NCc1ccc2c(c1)CN(C1CCC(=O)NC1=O)C2=O)C(F)(F)c1ccccc1F. The van der Waals surface area contributed by atoms with Gasteiger partial charge in [-0.2, -0.15) is 8.78 Å². The van der Waals surface area contributed by atoms with Gasteiger partial charge in [0.05, 0.1) is 11.3 Å². The molecule has 0 radical (unpaired) electrons. The van der Waals surface area contributed by atoms with E-state index in [2.05, 4.69) is 17.2 Å². The summed E-state index contributed by atoms with van der Waals surface area (Å²) in [5, 5.41) is 4.78. The third-order valence-electron chi connectivity index (χ3n) is 5.68. The number of hydrogen-bond donors (Lipinski definition) is 2. The lowest BCUT2D eigenvalue weighted by molar-refractivity contribution is -0.136. The highest BCUT2D eigenvalue weighted by atomic mass is 19.3. The van der Waals surface area contributed by atoms with E-state index in [1.807, 2.05) is 0 Å². The number of amides is 3. The van der Waals surface area contributed by atoms with Crippen LogP contribution < -0.4 is 10.6 Å². The van der Waals surface area contributed by atoms with Gasteiger partial charge in [-0.1, -0.05) is 30.8 Å². The van der Waals surface area contributed by atoms with Crippen LogP contribution in [0.5, 0.6) is 0 Å². The standard InChI is InChI=1S/C23H20F3N3O3/c1-13(23(25,26)17-4-2-3-5-18(17)24)27-11-14-6-7-16-15(10-14)12-29(22(16)32)19-8-9-20(30)28-21(19)31/h2-7,10,19,27H,1,8-9,11-12H2,(H,28,30,31). The molecule has 2 aliphatic heterocycles. The Hall–Kier alpha value is -3.62. The highest BCUT2D eigenvalue weighted by molar-refractivity contribution is 6.05. The number of halogens is 3. The van der Waals surface area contributed by atoms with Crippen LogP contribution in [0.4, 0.5) is 13.2 Å². The summed E-state index contributed by atoms with van der Waals surface area (Å²) in [6.45, 7) is 3.54. The number of fused-ring (bicyclic) bond motifs is 1. The van der Waals surface area contributed by atoms with E-state index in [1.165, 1.54) is 17.0 Å². The summed E-state index contributed by atoms with van der Waals surface area (Å²) in [5.41, 5.74) is 0.285. The molecule has 0 aromatic heterocycles. The zero-order valence-corrected chi connectivity index (χ0v) is 17.0. The van der Waals surface area contributed by atoms with E-state index in [0.29, 0.717) is 16.7 Å². The van der Waals surface area contributed by atoms with Crippen molar-refractivity contribution in [2.24, 2.45) is 0 Å². The van der Waals surface area contributed by atoms with Gasteiger partial charge in [-0.25, -0.2) is 4.39 Å². The zero-order valence-electron chi connectivity index (χ0n) is 17.0. The van der Waals surface area contributed by atoms with Gasteiger partial charge in [0.15, 0.2) is 0 Å². The van der Waals surface area contributed by atoms with E-state index >= 15 is 0 Å². The average molecular weight is 443 g/mol. The van der Waals surface area contributed by atoms with Crippen LogP contribution in [0.15, 0.2) is 54.7 Å². The van der Waals surface area contributed by atoms with Gasteiger partial charge in [-0.05, 0) is 35.7 Å². The molecule has 0 spiro atoms. The van der Waals surface area contributed by atoms with Crippen molar-refractivity contribution in [2.75, 3.05) is 0 Å². The molecule has 2 aliphatic rings. The van der Waals surface area contributed by atoms with Crippen molar-refractivity contribution >= 4 is 17.7 Å². The number of nitrogens with zero attached hydrogens (tertiary/aromatic N) is 1. The minimum atomic E-state index is -3.61. The Morgan fingerprint density at radius 3 is 2.66 bits per heavy atom. The quantitative estimate of drug-likeness (QED) is 0.673. The largest absolute Gasteiger partial charge is 0.380 e. The Kier molecular flexibility index (Phi) is 5.50. The molecule has 3 amide bonds. The summed E-state index contributed by atoms with van der Waals surface area (Å²) in [7, 11) is 0. The fraction of sp³-hybridized carbons (Fsp3) is 0.261. The lowest BCUT2D eigenvalue weighted by atomic mass is 10.0. The van der Waals surface area contributed by atoms with Crippen molar-refractivity contribution in [3.63, 3.8) is 0 Å². The summed E-state index contributed by atoms with van der Waals surface area (Å²) in [4.78, 5) is 37.6. The molecule has 1 saturated heterocycles. The van der Waals surface area contributed by atoms with Crippen LogP contribution in [-0.2, 0) is 28.6 Å². The molecule has 1 atom stereocenters. The molecule has 2 aromatic rings. The lowest BCUT2D eigenvalue weighted by Crippen LogP contribution is -2.52. The van der Waals surface area contributed by atoms with Gasteiger partial charge in [0, 0.05) is 25.1 Å². The van der Waals surface area contributed by atoms with Gasteiger partial charge in [-0.3, -0.25) is 19.7 Å². The summed E-state index contributed by atoms with van der Waals surface area (Å²) in [5.74, 6) is -5.82. The average Bonchev–Trinajstić information content (AvgIpc) is 3.07. The predicted octanol–water partition coefficient (Wildman–Crippen LogP) is 2.98.